The molecule has 4 aromatic rings. The van der Waals surface area contributed by atoms with E-state index in [0.717, 1.165) is 31.6 Å². The number of anilines is 1. The Labute approximate surface area is 142 Å². The molecule has 2 aromatic heterocycles. The van der Waals surface area contributed by atoms with Gasteiger partial charge in [-0.25, -0.2) is 4.98 Å². The average molecular weight is 317 g/mol. The summed E-state index contributed by atoms with van der Waals surface area (Å²) in [7, 11) is 0. The number of aromatic nitrogens is 2. The lowest BCUT2D eigenvalue weighted by molar-refractivity contribution is 0.745. The molecule has 0 radical (unpaired) electrons. The molecule has 2 aromatic carbocycles. The Balaban J connectivity index is 2.01. The Bertz CT molecular complexity index is 994. The lowest BCUT2D eigenvalue weighted by Crippen LogP contribution is -2.24. The minimum absolute atomic E-state index is 1.03. The summed E-state index contributed by atoms with van der Waals surface area (Å²) in [6, 6.07) is 15.4. The fourth-order valence-electron chi connectivity index (χ4n) is 3.66. The molecule has 0 spiro atoms. The molecular formula is C21H23N3. The molecule has 0 saturated carbocycles. The number of rotatable bonds is 5. The fourth-order valence-corrected chi connectivity index (χ4v) is 3.66. The number of benzene rings is 2. The number of imidazole rings is 1. The van der Waals surface area contributed by atoms with Crippen molar-refractivity contribution in [2.24, 2.45) is 0 Å². The average Bonchev–Trinajstić information content (AvgIpc) is 3.11. The summed E-state index contributed by atoms with van der Waals surface area (Å²) in [4.78, 5) is 7.08. The van der Waals surface area contributed by atoms with E-state index in [0.29, 0.717) is 0 Å². The first-order chi connectivity index (χ1) is 11.8. The topological polar surface area (TPSA) is 20.5 Å². The molecule has 0 unspecified atom stereocenters. The lowest BCUT2D eigenvalue weighted by Gasteiger charge is -2.24. The van der Waals surface area contributed by atoms with Gasteiger partial charge in [0.15, 0.2) is 0 Å². The number of pyridine rings is 1. The van der Waals surface area contributed by atoms with Crippen LogP contribution in [0.1, 0.15) is 26.7 Å². The van der Waals surface area contributed by atoms with Crippen LogP contribution in [0.5, 0.6) is 0 Å². The van der Waals surface area contributed by atoms with Gasteiger partial charge in [0.2, 0.25) is 0 Å². The fraction of sp³-hybridized carbons (Fsp3) is 0.286. The van der Waals surface area contributed by atoms with Gasteiger partial charge in [0, 0.05) is 41.9 Å². The molecule has 4 rings (SSSR count). The summed E-state index contributed by atoms with van der Waals surface area (Å²) < 4.78 is 2.22. The van der Waals surface area contributed by atoms with E-state index in [1.54, 1.807) is 0 Å². The Morgan fingerprint density at radius 1 is 0.917 bits per heavy atom. The van der Waals surface area contributed by atoms with Gasteiger partial charge in [-0.1, -0.05) is 44.2 Å². The van der Waals surface area contributed by atoms with Crippen LogP contribution in [-0.2, 0) is 0 Å². The van der Waals surface area contributed by atoms with Crippen LogP contribution < -0.4 is 4.90 Å². The predicted molar refractivity (Wildman–Crippen MR) is 103 cm³/mol. The van der Waals surface area contributed by atoms with Crippen LogP contribution in [0.4, 0.5) is 5.69 Å². The van der Waals surface area contributed by atoms with E-state index in [9.17, 15) is 0 Å². The summed E-state index contributed by atoms with van der Waals surface area (Å²) in [6.45, 7) is 6.68. The normalized spacial score (nSPS) is 11.6. The summed E-state index contributed by atoms with van der Waals surface area (Å²) in [5.41, 5.74) is 3.57. The minimum Gasteiger partial charge on any atom is -0.371 e. The van der Waals surface area contributed by atoms with Crippen molar-refractivity contribution in [1.29, 1.82) is 0 Å². The van der Waals surface area contributed by atoms with Crippen LogP contribution in [0.25, 0.3) is 27.3 Å². The Morgan fingerprint density at radius 3 is 2.42 bits per heavy atom. The Hall–Kier alpha value is -2.55. The van der Waals surface area contributed by atoms with Gasteiger partial charge in [-0.2, -0.15) is 0 Å². The maximum absolute atomic E-state index is 4.59. The van der Waals surface area contributed by atoms with Crippen molar-refractivity contribution >= 4 is 33.0 Å². The molecule has 0 amide bonds. The van der Waals surface area contributed by atoms with Gasteiger partial charge in [-0.3, -0.25) is 4.40 Å². The lowest BCUT2D eigenvalue weighted by atomic mass is 10.1. The summed E-state index contributed by atoms with van der Waals surface area (Å²) in [5, 5.41) is 3.77. The molecule has 0 bridgehead atoms. The second-order valence-electron chi connectivity index (χ2n) is 6.35. The predicted octanol–water partition coefficient (Wildman–Crippen LogP) is 5.27. The minimum atomic E-state index is 1.03. The van der Waals surface area contributed by atoms with Gasteiger partial charge in [-0.15, -0.1) is 0 Å². The number of nitrogens with zero attached hydrogens (tertiary/aromatic N) is 3. The largest absolute Gasteiger partial charge is 0.371 e. The number of fused-ring (bicyclic) bond motifs is 6. The van der Waals surface area contributed by atoms with Crippen molar-refractivity contribution in [2.45, 2.75) is 26.7 Å². The second-order valence-corrected chi connectivity index (χ2v) is 6.35. The number of hydrogen-bond donors (Lipinski definition) is 0. The zero-order valence-corrected chi connectivity index (χ0v) is 14.4. The van der Waals surface area contributed by atoms with Crippen LogP contribution in [0.3, 0.4) is 0 Å². The van der Waals surface area contributed by atoms with E-state index in [1.807, 2.05) is 6.20 Å². The molecule has 0 fully saturated rings. The maximum Gasteiger partial charge on any atom is 0.145 e. The van der Waals surface area contributed by atoms with Crippen molar-refractivity contribution in [3.05, 3.63) is 54.9 Å². The van der Waals surface area contributed by atoms with Gasteiger partial charge in [0.05, 0.1) is 5.52 Å². The van der Waals surface area contributed by atoms with Crippen molar-refractivity contribution < 1.29 is 0 Å². The Kier molecular flexibility index (Phi) is 3.85. The molecular weight excluding hydrogens is 294 g/mol. The van der Waals surface area contributed by atoms with Crippen LogP contribution in [0, 0.1) is 0 Å². The summed E-state index contributed by atoms with van der Waals surface area (Å²) in [5.74, 6) is 0. The summed E-state index contributed by atoms with van der Waals surface area (Å²) >= 11 is 0. The first kappa shape index (κ1) is 15.0. The van der Waals surface area contributed by atoms with Gasteiger partial charge in [0.1, 0.15) is 5.65 Å². The van der Waals surface area contributed by atoms with Crippen LogP contribution in [-0.4, -0.2) is 22.5 Å². The second kappa shape index (κ2) is 6.16. The smallest absolute Gasteiger partial charge is 0.145 e. The van der Waals surface area contributed by atoms with Gasteiger partial charge < -0.3 is 4.90 Å². The van der Waals surface area contributed by atoms with Gasteiger partial charge in [-0.05, 0) is 30.4 Å². The third-order valence-electron chi connectivity index (χ3n) is 4.69. The molecule has 0 atom stereocenters. The third-order valence-corrected chi connectivity index (χ3v) is 4.69. The summed E-state index contributed by atoms with van der Waals surface area (Å²) in [6.07, 6.45) is 6.29. The highest BCUT2D eigenvalue weighted by atomic mass is 15.1. The zero-order chi connectivity index (χ0) is 16.5. The molecule has 122 valence electrons. The molecule has 0 saturated heterocycles. The van der Waals surface area contributed by atoms with Crippen molar-refractivity contribution in [1.82, 2.24) is 9.38 Å². The highest BCUT2D eigenvalue weighted by molar-refractivity contribution is 6.12. The molecule has 3 heteroatoms. The van der Waals surface area contributed by atoms with Crippen LogP contribution in [0.2, 0.25) is 0 Å². The Morgan fingerprint density at radius 2 is 1.67 bits per heavy atom. The third kappa shape index (κ3) is 2.32. The molecule has 0 aliphatic carbocycles. The number of hydrogen-bond acceptors (Lipinski definition) is 2. The van der Waals surface area contributed by atoms with E-state index in [-0.39, 0.29) is 0 Å². The first-order valence-corrected chi connectivity index (χ1v) is 8.86. The van der Waals surface area contributed by atoms with Crippen LogP contribution in [0.15, 0.2) is 54.9 Å². The van der Waals surface area contributed by atoms with Crippen molar-refractivity contribution in [3.63, 3.8) is 0 Å². The van der Waals surface area contributed by atoms with E-state index in [4.69, 9.17) is 0 Å². The van der Waals surface area contributed by atoms with Crippen molar-refractivity contribution in [2.75, 3.05) is 18.0 Å². The molecule has 0 aliphatic rings. The molecule has 24 heavy (non-hydrogen) atoms. The van der Waals surface area contributed by atoms with E-state index >= 15 is 0 Å². The van der Waals surface area contributed by atoms with E-state index < -0.39 is 0 Å². The van der Waals surface area contributed by atoms with Crippen molar-refractivity contribution in [3.8, 4) is 0 Å². The highest BCUT2D eigenvalue weighted by Crippen LogP contribution is 2.31. The SMILES string of the molecule is CCCN(CCC)c1ccc2c3ccccc3c3nccn3c2c1. The monoisotopic (exact) mass is 317 g/mol. The standard InChI is InChI=1S/C21H23N3/c1-3-12-23(13-4-2)16-9-10-18-17-7-5-6-8-19(17)21-22-11-14-24(21)20(18)15-16/h5-11,14-15H,3-4,12-13H2,1-2H3. The molecule has 3 nitrogen and oxygen atoms in total. The molecule has 0 aliphatic heterocycles. The van der Waals surface area contributed by atoms with Gasteiger partial charge in [0.25, 0.3) is 0 Å². The van der Waals surface area contributed by atoms with Gasteiger partial charge >= 0.3 is 0 Å². The van der Waals surface area contributed by atoms with Crippen LogP contribution >= 0.6 is 0 Å². The zero-order valence-electron chi connectivity index (χ0n) is 14.4. The molecule has 2 heterocycles. The highest BCUT2D eigenvalue weighted by Gasteiger charge is 2.11. The maximum atomic E-state index is 4.59. The first-order valence-electron chi connectivity index (χ1n) is 8.86. The van der Waals surface area contributed by atoms with E-state index in [1.165, 1.54) is 27.4 Å². The van der Waals surface area contributed by atoms with E-state index in [2.05, 4.69) is 76.8 Å². The quantitative estimate of drug-likeness (QED) is 0.468. The molecule has 0 N–H and O–H groups in total.